The first-order chi connectivity index (χ1) is 10.0. The highest BCUT2D eigenvalue weighted by Gasteiger charge is 2.29. The number of amides is 1. The van der Waals surface area contributed by atoms with Crippen molar-refractivity contribution in [3.63, 3.8) is 0 Å². The number of carbonyl (C=O) groups is 1. The molecule has 1 aromatic carbocycles. The van der Waals surface area contributed by atoms with Crippen LogP contribution in [0.5, 0.6) is 0 Å². The molecule has 3 N–H and O–H groups in total. The van der Waals surface area contributed by atoms with Gasteiger partial charge in [0.05, 0.1) is 12.1 Å². The molecule has 112 valence electrons. The average molecular weight is 284 g/mol. The summed E-state index contributed by atoms with van der Waals surface area (Å²) in [6.07, 6.45) is 4.93. The minimum atomic E-state index is -0.0341. The molecule has 0 aromatic heterocycles. The number of nitrogens with one attached hydrogen (secondary N) is 1. The molecule has 2 rings (SSSR count). The van der Waals surface area contributed by atoms with Gasteiger partial charge in [-0.2, -0.15) is 0 Å². The summed E-state index contributed by atoms with van der Waals surface area (Å²) >= 11 is 0. The minimum Gasteiger partial charge on any atom is -0.351 e. The number of hydrogen-bond donors (Lipinski definition) is 2. The highest BCUT2D eigenvalue weighted by atomic mass is 16.1. The SMILES string of the molecule is Cc1ccc(C#CCN)c(C(=O)NCC2(C)CCCC2)c1. The molecule has 0 atom stereocenters. The number of benzene rings is 1. The number of rotatable bonds is 3. The van der Waals surface area contributed by atoms with Crippen LogP contribution in [0.3, 0.4) is 0 Å². The van der Waals surface area contributed by atoms with Crippen LogP contribution in [-0.4, -0.2) is 19.0 Å². The van der Waals surface area contributed by atoms with E-state index in [-0.39, 0.29) is 11.3 Å². The Kier molecular flexibility index (Phi) is 5.03. The Hall–Kier alpha value is -1.79. The van der Waals surface area contributed by atoms with Gasteiger partial charge in [-0.05, 0) is 37.3 Å². The van der Waals surface area contributed by atoms with Crippen molar-refractivity contribution in [2.75, 3.05) is 13.1 Å². The first-order valence-electron chi connectivity index (χ1n) is 7.62. The van der Waals surface area contributed by atoms with Gasteiger partial charge < -0.3 is 11.1 Å². The molecule has 1 aliphatic rings. The molecular formula is C18H24N2O. The van der Waals surface area contributed by atoms with Gasteiger partial charge in [0.15, 0.2) is 0 Å². The standard InChI is InChI=1S/C18H24N2O/c1-14-7-8-15(6-5-11-19)16(12-14)17(21)20-13-18(2)9-3-4-10-18/h7-8,12H,3-4,9-11,13,19H2,1-2H3,(H,20,21). The first kappa shape index (κ1) is 15.6. The Labute approximate surface area is 127 Å². The highest BCUT2D eigenvalue weighted by molar-refractivity contribution is 5.97. The largest absolute Gasteiger partial charge is 0.351 e. The summed E-state index contributed by atoms with van der Waals surface area (Å²) in [7, 11) is 0. The monoisotopic (exact) mass is 284 g/mol. The molecule has 0 saturated heterocycles. The van der Waals surface area contributed by atoms with Gasteiger partial charge in [0.25, 0.3) is 5.91 Å². The molecule has 1 saturated carbocycles. The first-order valence-corrected chi connectivity index (χ1v) is 7.62. The van der Waals surface area contributed by atoms with Gasteiger partial charge in [-0.25, -0.2) is 0 Å². The fourth-order valence-corrected chi connectivity index (χ4v) is 2.90. The lowest BCUT2D eigenvalue weighted by Gasteiger charge is -2.23. The normalized spacial score (nSPS) is 16.1. The Bertz CT molecular complexity index is 575. The molecule has 0 unspecified atom stereocenters. The van der Waals surface area contributed by atoms with Crippen molar-refractivity contribution in [1.82, 2.24) is 5.32 Å². The van der Waals surface area contributed by atoms with Crippen molar-refractivity contribution < 1.29 is 4.79 Å². The molecule has 21 heavy (non-hydrogen) atoms. The van der Waals surface area contributed by atoms with Crippen molar-refractivity contribution in [3.05, 3.63) is 34.9 Å². The van der Waals surface area contributed by atoms with Crippen molar-refractivity contribution in [1.29, 1.82) is 0 Å². The lowest BCUT2D eigenvalue weighted by Crippen LogP contribution is -2.34. The van der Waals surface area contributed by atoms with E-state index in [4.69, 9.17) is 5.73 Å². The lowest BCUT2D eigenvalue weighted by atomic mass is 9.89. The van der Waals surface area contributed by atoms with Crippen LogP contribution in [0, 0.1) is 24.2 Å². The van der Waals surface area contributed by atoms with Gasteiger partial charge in [0, 0.05) is 12.1 Å². The predicted octanol–water partition coefficient (Wildman–Crippen LogP) is 2.62. The van der Waals surface area contributed by atoms with E-state index in [2.05, 4.69) is 24.1 Å². The van der Waals surface area contributed by atoms with E-state index in [0.29, 0.717) is 12.1 Å². The van der Waals surface area contributed by atoms with E-state index in [1.54, 1.807) is 0 Å². The van der Waals surface area contributed by atoms with Crippen LogP contribution in [0.25, 0.3) is 0 Å². The van der Waals surface area contributed by atoms with Gasteiger partial charge in [-0.15, -0.1) is 0 Å². The van der Waals surface area contributed by atoms with Crippen LogP contribution in [0.2, 0.25) is 0 Å². The number of hydrogen-bond acceptors (Lipinski definition) is 2. The number of aryl methyl sites for hydroxylation is 1. The molecule has 0 aliphatic heterocycles. The van der Waals surface area contributed by atoms with Gasteiger partial charge in [0.2, 0.25) is 0 Å². The Morgan fingerprint density at radius 2 is 2.10 bits per heavy atom. The zero-order chi connectivity index (χ0) is 15.3. The van der Waals surface area contributed by atoms with Crippen LogP contribution < -0.4 is 11.1 Å². The molecule has 3 nitrogen and oxygen atoms in total. The maximum Gasteiger partial charge on any atom is 0.252 e. The Morgan fingerprint density at radius 1 is 1.38 bits per heavy atom. The van der Waals surface area contributed by atoms with Crippen molar-refractivity contribution in [2.24, 2.45) is 11.1 Å². The average Bonchev–Trinajstić information content (AvgIpc) is 2.91. The zero-order valence-corrected chi connectivity index (χ0v) is 13.0. The Balaban J connectivity index is 2.12. The molecule has 0 spiro atoms. The second kappa shape index (κ2) is 6.78. The van der Waals surface area contributed by atoms with Crippen LogP contribution in [0.4, 0.5) is 0 Å². The fraction of sp³-hybridized carbons (Fsp3) is 0.500. The zero-order valence-electron chi connectivity index (χ0n) is 13.0. The minimum absolute atomic E-state index is 0.0341. The molecule has 1 fully saturated rings. The molecule has 1 aliphatic carbocycles. The maximum atomic E-state index is 12.5. The summed E-state index contributed by atoms with van der Waals surface area (Å²) in [5, 5.41) is 3.09. The second-order valence-corrected chi connectivity index (χ2v) is 6.26. The van der Waals surface area contributed by atoms with Gasteiger partial charge >= 0.3 is 0 Å². The highest BCUT2D eigenvalue weighted by Crippen LogP contribution is 2.36. The summed E-state index contributed by atoms with van der Waals surface area (Å²) in [5.74, 6) is 5.77. The third kappa shape index (κ3) is 4.09. The third-order valence-electron chi connectivity index (χ3n) is 4.23. The van der Waals surface area contributed by atoms with E-state index in [0.717, 1.165) is 17.7 Å². The molecule has 3 heteroatoms. The fourth-order valence-electron chi connectivity index (χ4n) is 2.90. The third-order valence-corrected chi connectivity index (χ3v) is 4.23. The van der Waals surface area contributed by atoms with E-state index in [9.17, 15) is 4.79 Å². The van der Waals surface area contributed by atoms with Crippen LogP contribution in [0.1, 0.15) is 54.1 Å². The maximum absolute atomic E-state index is 12.5. The number of nitrogens with two attached hydrogens (primary N) is 1. The van der Waals surface area contributed by atoms with Gasteiger partial charge in [0.1, 0.15) is 0 Å². The molecular weight excluding hydrogens is 260 g/mol. The Morgan fingerprint density at radius 3 is 2.76 bits per heavy atom. The summed E-state index contributed by atoms with van der Waals surface area (Å²) < 4.78 is 0. The quantitative estimate of drug-likeness (QED) is 0.838. The smallest absolute Gasteiger partial charge is 0.252 e. The summed E-state index contributed by atoms with van der Waals surface area (Å²) in [5.41, 5.74) is 8.13. The molecule has 0 heterocycles. The van der Waals surface area contributed by atoms with Crippen molar-refractivity contribution in [2.45, 2.75) is 39.5 Å². The summed E-state index contributed by atoms with van der Waals surface area (Å²) in [6, 6.07) is 5.76. The summed E-state index contributed by atoms with van der Waals surface area (Å²) in [6.45, 7) is 5.28. The second-order valence-electron chi connectivity index (χ2n) is 6.26. The molecule has 0 radical (unpaired) electrons. The predicted molar refractivity (Wildman–Crippen MR) is 86.0 cm³/mol. The molecule has 1 amide bonds. The van der Waals surface area contributed by atoms with Gasteiger partial charge in [-0.1, -0.05) is 43.2 Å². The van der Waals surface area contributed by atoms with E-state index in [1.165, 1.54) is 25.7 Å². The number of carbonyl (C=O) groups excluding carboxylic acids is 1. The lowest BCUT2D eigenvalue weighted by molar-refractivity contribution is 0.0934. The summed E-state index contributed by atoms with van der Waals surface area (Å²) in [4.78, 5) is 12.5. The van der Waals surface area contributed by atoms with Crippen molar-refractivity contribution in [3.8, 4) is 11.8 Å². The van der Waals surface area contributed by atoms with Crippen LogP contribution in [0.15, 0.2) is 18.2 Å². The van der Waals surface area contributed by atoms with E-state index in [1.807, 2.05) is 25.1 Å². The van der Waals surface area contributed by atoms with Crippen LogP contribution >= 0.6 is 0 Å². The van der Waals surface area contributed by atoms with Crippen molar-refractivity contribution >= 4 is 5.91 Å². The molecule has 1 aromatic rings. The van der Waals surface area contributed by atoms with E-state index < -0.39 is 0 Å². The van der Waals surface area contributed by atoms with E-state index >= 15 is 0 Å². The van der Waals surface area contributed by atoms with Crippen LogP contribution in [-0.2, 0) is 0 Å². The van der Waals surface area contributed by atoms with Gasteiger partial charge in [-0.3, -0.25) is 4.79 Å². The molecule has 0 bridgehead atoms. The topological polar surface area (TPSA) is 55.1 Å².